The molecule has 0 radical (unpaired) electrons. The molecule has 0 amide bonds. The minimum Gasteiger partial charge on any atom is -0.497 e. The van der Waals surface area contributed by atoms with E-state index in [-0.39, 0.29) is 11.7 Å². The monoisotopic (exact) mass is 247 g/mol. The number of rotatable bonds is 6. The lowest BCUT2D eigenvalue weighted by molar-refractivity contribution is -0.118. The van der Waals surface area contributed by atoms with Gasteiger partial charge in [-0.3, -0.25) is 4.79 Å². The number of benzene rings is 1. The van der Waals surface area contributed by atoms with E-state index in [4.69, 9.17) is 4.74 Å². The number of ketones is 1. The third-order valence-corrected chi connectivity index (χ3v) is 2.68. The van der Waals surface area contributed by atoms with Crippen LogP contribution in [0.4, 0.5) is 0 Å². The van der Waals surface area contributed by atoms with Crippen LogP contribution >= 0.6 is 0 Å². The van der Waals surface area contributed by atoms with Crippen LogP contribution in [0.5, 0.6) is 5.75 Å². The van der Waals surface area contributed by atoms with E-state index in [0.29, 0.717) is 0 Å². The van der Waals surface area contributed by atoms with Crippen molar-refractivity contribution in [2.24, 2.45) is 5.92 Å². The molecule has 0 aliphatic heterocycles. The van der Waals surface area contributed by atoms with Gasteiger partial charge in [0.05, 0.1) is 7.11 Å². The molecule has 0 saturated heterocycles. The normalized spacial score (nSPS) is 12.9. The molecular weight excluding hydrogens is 226 g/mol. The second kappa shape index (κ2) is 6.97. The first-order valence-corrected chi connectivity index (χ1v) is 6.03. The van der Waals surface area contributed by atoms with Crippen LogP contribution in [-0.2, 0) is 4.79 Å². The van der Waals surface area contributed by atoms with E-state index in [9.17, 15) is 4.79 Å². The maximum atomic E-state index is 11.8. The largest absolute Gasteiger partial charge is 0.497 e. The number of methoxy groups -OCH3 is 1. The predicted octanol–water partition coefficient (Wildman–Crippen LogP) is 2.48. The van der Waals surface area contributed by atoms with Crippen molar-refractivity contribution in [2.75, 3.05) is 27.7 Å². The Morgan fingerprint density at radius 1 is 1.33 bits per heavy atom. The maximum Gasteiger partial charge on any atom is 0.159 e. The molecule has 0 spiro atoms. The van der Waals surface area contributed by atoms with Gasteiger partial charge >= 0.3 is 0 Å². The molecule has 0 bridgehead atoms. The van der Waals surface area contributed by atoms with E-state index < -0.39 is 0 Å². The van der Waals surface area contributed by atoms with Gasteiger partial charge in [0, 0.05) is 12.5 Å². The lowest BCUT2D eigenvalue weighted by Crippen LogP contribution is -2.24. The number of ether oxygens (including phenoxy) is 1. The average Bonchev–Trinajstić information content (AvgIpc) is 2.35. The number of allylic oxidation sites excluding steroid dienone is 1. The van der Waals surface area contributed by atoms with Crippen molar-refractivity contribution < 1.29 is 9.53 Å². The molecule has 0 unspecified atom stereocenters. The Hall–Kier alpha value is -1.61. The van der Waals surface area contributed by atoms with Crippen LogP contribution in [0.25, 0.3) is 6.08 Å². The highest BCUT2D eigenvalue weighted by Gasteiger charge is 2.10. The summed E-state index contributed by atoms with van der Waals surface area (Å²) in [5, 5.41) is 0. The smallest absolute Gasteiger partial charge is 0.159 e. The van der Waals surface area contributed by atoms with Gasteiger partial charge in [0.15, 0.2) is 5.78 Å². The van der Waals surface area contributed by atoms with Crippen molar-refractivity contribution in [2.45, 2.75) is 6.92 Å². The zero-order valence-electron chi connectivity index (χ0n) is 11.5. The molecule has 1 rings (SSSR count). The quantitative estimate of drug-likeness (QED) is 0.723. The first-order chi connectivity index (χ1) is 8.52. The zero-order valence-corrected chi connectivity index (χ0v) is 11.5. The molecule has 1 atom stereocenters. The highest BCUT2D eigenvalue weighted by Crippen LogP contribution is 2.12. The van der Waals surface area contributed by atoms with Crippen molar-refractivity contribution >= 4 is 11.9 Å². The second-order valence-electron chi connectivity index (χ2n) is 4.67. The Morgan fingerprint density at radius 3 is 2.44 bits per heavy atom. The van der Waals surface area contributed by atoms with Gasteiger partial charge in [0.25, 0.3) is 0 Å². The summed E-state index contributed by atoms with van der Waals surface area (Å²) >= 11 is 0. The Balaban J connectivity index is 2.59. The van der Waals surface area contributed by atoms with Crippen LogP contribution in [-0.4, -0.2) is 38.4 Å². The van der Waals surface area contributed by atoms with Gasteiger partial charge in [0.1, 0.15) is 5.75 Å². The molecule has 0 aliphatic rings. The van der Waals surface area contributed by atoms with Crippen LogP contribution < -0.4 is 4.74 Å². The molecule has 0 saturated carbocycles. The summed E-state index contributed by atoms with van der Waals surface area (Å²) in [6, 6.07) is 7.62. The van der Waals surface area contributed by atoms with Gasteiger partial charge < -0.3 is 9.64 Å². The van der Waals surface area contributed by atoms with E-state index >= 15 is 0 Å². The van der Waals surface area contributed by atoms with Crippen molar-refractivity contribution in [1.82, 2.24) is 4.90 Å². The average molecular weight is 247 g/mol. The van der Waals surface area contributed by atoms with E-state index in [2.05, 4.69) is 0 Å². The lowest BCUT2D eigenvalue weighted by atomic mass is 10.0. The molecule has 1 aromatic rings. The zero-order chi connectivity index (χ0) is 13.5. The first-order valence-electron chi connectivity index (χ1n) is 6.03. The fourth-order valence-electron chi connectivity index (χ4n) is 1.70. The molecule has 0 aliphatic carbocycles. The van der Waals surface area contributed by atoms with Gasteiger partial charge in [0.2, 0.25) is 0 Å². The van der Waals surface area contributed by atoms with Crippen LogP contribution in [0, 0.1) is 5.92 Å². The molecule has 0 N–H and O–H groups in total. The van der Waals surface area contributed by atoms with Crippen LogP contribution in [0.15, 0.2) is 30.3 Å². The van der Waals surface area contributed by atoms with E-state index in [1.165, 1.54) is 0 Å². The molecule has 0 heterocycles. The van der Waals surface area contributed by atoms with Crippen molar-refractivity contribution in [3.05, 3.63) is 35.9 Å². The number of nitrogens with zero attached hydrogens (tertiary/aromatic N) is 1. The third kappa shape index (κ3) is 4.72. The number of hydrogen-bond donors (Lipinski definition) is 0. The van der Waals surface area contributed by atoms with Crippen molar-refractivity contribution in [1.29, 1.82) is 0 Å². The van der Waals surface area contributed by atoms with Gasteiger partial charge in [-0.1, -0.05) is 25.1 Å². The topological polar surface area (TPSA) is 29.5 Å². The molecule has 0 fully saturated rings. The highest BCUT2D eigenvalue weighted by atomic mass is 16.5. The summed E-state index contributed by atoms with van der Waals surface area (Å²) < 4.78 is 5.08. The SMILES string of the molecule is COc1ccc(/C=C\C(=O)[C@@H](C)CN(C)C)cc1. The Kier molecular flexibility index (Phi) is 5.59. The molecule has 3 nitrogen and oxygen atoms in total. The second-order valence-corrected chi connectivity index (χ2v) is 4.67. The van der Waals surface area contributed by atoms with Crippen molar-refractivity contribution in [3.8, 4) is 5.75 Å². The summed E-state index contributed by atoms with van der Waals surface area (Å²) in [4.78, 5) is 13.9. The summed E-state index contributed by atoms with van der Waals surface area (Å²) in [6.45, 7) is 2.71. The number of hydrogen-bond acceptors (Lipinski definition) is 3. The molecule has 18 heavy (non-hydrogen) atoms. The highest BCUT2D eigenvalue weighted by molar-refractivity contribution is 5.95. The third-order valence-electron chi connectivity index (χ3n) is 2.68. The first kappa shape index (κ1) is 14.5. The maximum absolute atomic E-state index is 11.8. The van der Waals surface area contributed by atoms with E-state index in [0.717, 1.165) is 17.9 Å². The van der Waals surface area contributed by atoms with Crippen molar-refractivity contribution in [3.63, 3.8) is 0 Å². The summed E-state index contributed by atoms with van der Waals surface area (Å²) in [5.74, 6) is 0.994. The van der Waals surface area contributed by atoms with Gasteiger partial charge in [-0.25, -0.2) is 0 Å². The Morgan fingerprint density at radius 2 is 1.94 bits per heavy atom. The molecular formula is C15H21NO2. The minimum absolute atomic E-state index is 0.0227. The lowest BCUT2D eigenvalue weighted by Gasteiger charge is -2.13. The van der Waals surface area contributed by atoms with E-state index in [1.54, 1.807) is 13.2 Å². The molecule has 1 aromatic carbocycles. The fraction of sp³-hybridized carbons (Fsp3) is 0.400. The summed E-state index contributed by atoms with van der Waals surface area (Å²) in [7, 11) is 5.57. The molecule has 3 heteroatoms. The standard InChI is InChI=1S/C15H21NO2/c1-12(11-16(2)3)15(17)10-7-13-5-8-14(18-4)9-6-13/h5-10,12H,11H2,1-4H3/b10-7-/t12-/m0/s1. The molecule has 0 aromatic heterocycles. The fourth-order valence-corrected chi connectivity index (χ4v) is 1.70. The number of carbonyl (C=O) groups excluding carboxylic acids is 1. The minimum atomic E-state index is 0.0227. The summed E-state index contributed by atoms with van der Waals surface area (Å²) in [5.41, 5.74) is 1.00. The Bertz CT molecular complexity index is 407. The van der Waals surface area contributed by atoms with E-state index in [1.807, 2.05) is 56.3 Å². The number of carbonyl (C=O) groups is 1. The van der Waals surface area contributed by atoms with Crippen LogP contribution in [0.3, 0.4) is 0 Å². The van der Waals surface area contributed by atoms with Gasteiger partial charge in [-0.15, -0.1) is 0 Å². The van der Waals surface area contributed by atoms with Gasteiger partial charge in [-0.2, -0.15) is 0 Å². The van der Waals surface area contributed by atoms with Crippen LogP contribution in [0.1, 0.15) is 12.5 Å². The van der Waals surface area contributed by atoms with Crippen LogP contribution in [0.2, 0.25) is 0 Å². The summed E-state index contributed by atoms with van der Waals surface area (Å²) in [6.07, 6.45) is 3.49. The Labute approximate surface area is 109 Å². The molecule has 98 valence electrons. The predicted molar refractivity (Wildman–Crippen MR) is 74.8 cm³/mol. The van der Waals surface area contributed by atoms with Gasteiger partial charge in [-0.05, 0) is 37.9 Å².